The number of aromatic nitrogens is 1. The number of hydrogen-bond donors (Lipinski definition) is 1. The molecule has 0 unspecified atom stereocenters. The number of amides is 1. The van der Waals surface area contributed by atoms with Gasteiger partial charge < -0.3 is 19.3 Å². The van der Waals surface area contributed by atoms with Crippen molar-refractivity contribution < 1.29 is 24.0 Å². The van der Waals surface area contributed by atoms with E-state index in [1.165, 1.54) is 30.2 Å². The smallest absolute Gasteiger partial charge is 0.335 e. The van der Waals surface area contributed by atoms with Crippen molar-refractivity contribution >= 4 is 11.9 Å². The van der Waals surface area contributed by atoms with Gasteiger partial charge in [-0.05, 0) is 17.7 Å². The lowest BCUT2D eigenvalue weighted by Crippen LogP contribution is -2.26. The predicted molar refractivity (Wildman–Crippen MR) is 76.4 cm³/mol. The van der Waals surface area contributed by atoms with E-state index in [2.05, 4.69) is 5.16 Å². The normalized spacial score (nSPS) is 10.5. The molecule has 0 radical (unpaired) electrons. The summed E-state index contributed by atoms with van der Waals surface area (Å²) in [6, 6.07) is 7.89. The number of carbonyl (C=O) groups is 2. The Hall–Kier alpha value is -2.67. The molecule has 0 atom stereocenters. The predicted octanol–water partition coefficient (Wildman–Crippen LogP) is 1.79. The van der Waals surface area contributed by atoms with Crippen LogP contribution in [-0.2, 0) is 17.9 Å². The molecular weight excluding hydrogens is 288 g/mol. The summed E-state index contributed by atoms with van der Waals surface area (Å²) >= 11 is 0. The van der Waals surface area contributed by atoms with Crippen molar-refractivity contribution in [2.75, 3.05) is 14.2 Å². The zero-order valence-electron chi connectivity index (χ0n) is 12.3. The van der Waals surface area contributed by atoms with E-state index in [1.807, 2.05) is 0 Å². The van der Waals surface area contributed by atoms with Crippen LogP contribution in [0.5, 0.6) is 0 Å². The first-order valence-electron chi connectivity index (χ1n) is 6.53. The minimum atomic E-state index is -0.982. The highest BCUT2D eigenvalue weighted by molar-refractivity contribution is 5.92. The molecule has 7 nitrogen and oxygen atoms in total. The van der Waals surface area contributed by atoms with Gasteiger partial charge in [0.1, 0.15) is 6.61 Å². The number of nitrogens with zero attached hydrogens (tertiary/aromatic N) is 2. The van der Waals surface area contributed by atoms with Crippen LogP contribution in [0.4, 0.5) is 0 Å². The average molecular weight is 304 g/mol. The van der Waals surface area contributed by atoms with Gasteiger partial charge in [0.15, 0.2) is 11.5 Å². The van der Waals surface area contributed by atoms with E-state index < -0.39 is 5.97 Å². The van der Waals surface area contributed by atoms with Gasteiger partial charge in [0.05, 0.1) is 5.56 Å². The summed E-state index contributed by atoms with van der Waals surface area (Å²) in [6.07, 6.45) is 0. The van der Waals surface area contributed by atoms with Crippen LogP contribution >= 0.6 is 0 Å². The molecule has 1 aromatic heterocycles. The Kier molecular flexibility index (Phi) is 4.90. The molecule has 0 aliphatic carbocycles. The van der Waals surface area contributed by atoms with Crippen LogP contribution < -0.4 is 0 Å². The van der Waals surface area contributed by atoms with Crippen LogP contribution in [0.2, 0.25) is 0 Å². The van der Waals surface area contributed by atoms with E-state index in [4.69, 9.17) is 14.4 Å². The standard InChI is InChI=1S/C15H16N2O5/c1-17(8-10-3-5-11(6-4-10)15(19)20)14(18)13-7-12(9-21-2)22-16-13/h3-7H,8-9H2,1-2H3,(H,19,20). The number of rotatable bonds is 6. The Morgan fingerprint density at radius 2 is 2.00 bits per heavy atom. The molecule has 0 saturated carbocycles. The van der Waals surface area contributed by atoms with Crippen molar-refractivity contribution in [3.05, 3.63) is 52.9 Å². The van der Waals surface area contributed by atoms with E-state index in [1.54, 1.807) is 19.2 Å². The number of aromatic carboxylic acids is 1. The van der Waals surface area contributed by atoms with Gasteiger partial charge >= 0.3 is 5.97 Å². The summed E-state index contributed by atoms with van der Waals surface area (Å²) in [7, 11) is 3.16. The Bertz CT molecular complexity index is 663. The third kappa shape index (κ3) is 3.70. The third-order valence-corrected chi connectivity index (χ3v) is 3.03. The van der Waals surface area contributed by atoms with E-state index in [9.17, 15) is 9.59 Å². The minimum Gasteiger partial charge on any atom is -0.478 e. The van der Waals surface area contributed by atoms with Gasteiger partial charge in [-0.25, -0.2) is 4.79 Å². The molecule has 1 N–H and O–H groups in total. The number of carboxylic acid groups (broad SMARTS) is 1. The Balaban J connectivity index is 2.02. The van der Waals surface area contributed by atoms with E-state index >= 15 is 0 Å². The van der Waals surface area contributed by atoms with Crippen LogP contribution in [0, 0.1) is 0 Å². The first kappa shape index (κ1) is 15.7. The Morgan fingerprint density at radius 3 is 2.59 bits per heavy atom. The number of carboxylic acids is 1. The van der Waals surface area contributed by atoms with Crippen molar-refractivity contribution in [3.63, 3.8) is 0 Å². The molecule has 0 saturated heterocycles. The molecule has 116 valence electrons. The van der Waals surface area contributed by atoms with Crippen molar-refractivity contribution in [1.29, 1.82) is 0 Å². The molecule has 0 bridgehead atoms. The SMILES string of the molecule is COCc1cc(C(=O)N(C)Cc2ccc(C(=O)O)cc2)no1. The van der Waals surface area contributed by atoms with Crippen molar-refractivity contribution in [2.45, 2.75) is 13.2 Å². The summed E-state index contributed by atoms with van der Waals surface area (Å²) in [5, 5.41) is 12.6. The summed E-state index contributed by atoms with van der Waals surface area (Å²) < 4.78 is 9.88. The van der Waals surface area contributed by atoms with Crippen molar-refractivity contribution in [2.24, 2.45) is 0 Å². The largest absolute Gasteiger partial charge is 0.478 e. The number of carbonyl (C=O) groups excluding carboxylic acids is 1. The fourth-order valence-corrected chi connectivity index (χ4v) is 1.92. The molecule has 0 aliphatic rings. The number of hydrogen-bond acceptors (Lipinski definition) is 5. The molecule has 0 aliphatic heterocycles. The zero-order valence-corrected chi connectivity index (χ0v) is 12.3. The first-order valence-corrected chi connectivity index (χ1v) is 6.53. The molecule has 1 heterocycles. The lowest BCUT2D eigenvalue weighted by atomic mass is 10.1. The highest BCUT2D eigenvalue weighted by Gasteiger charge is 2.17. The fourth-order valence-electron chi connectivity index (χ4n) is 1.92. The van der Waals surface area contributed by atoms with Gasteiger partial charge in [-0.3, -0.25) is 4.79 Å². The molecule has 2 rings (SSSR count). The minimum absolute atomic E-state index is 0.205. The molecule has 1 amide bonds. The molecule has 2 aromatic rings. The maximum Gasteiger partial charge on any atom is 0.335 e. The number of ether oxygens (including phenoxy) is 1. The molecule has 1 aromatic carbocycles. The fraction of sp³-hybridized carbons (Fsp3) is 0.267. The quantitative estimate of drug-likeness (QED) is 0.874. The molecular formula is C15H16N2O5. The monoisotopic (exact) mass is 304 g/mol. The number of benzene rings is 1. The maximum absolute atomic E-state index is 12.2. The Morgan fingerprint density at radius 1 is 1.32 bits per heavy atom. The molecule has 0 fully saturated rings. The van der Waals surface area contributed by atoms with Gasteiger partial charge in [-0.2, -0.15) is 0 Å². The summed E-state index contributed by atoms with van der Waals surface area (Å²) in [5.74, 6) is -0.789. The van der Waals surface area contributed by atoms with Gasteiger partial charge in [0, 0.05) is 26.8 Å². The number of methoxy groups -OCH3 is 1. The second-order valence-corrected chi connectivity index (χ2v) is 4.77. The van der Waals surface area contributed by atoms with Crippen LogP contribution in [-0.4, -0.2) is 41.2 Å². The lowest BCUT2D eigenvalue weighted by Gasteiger charge is -2.15. The van der Waals surface area contributed by atoms with Crippen LogP contribution in [0.25, 0.3) is 0 Å². The third-order valence-electron chi connectivity index (χ3n) is 3.03. The Labute approximate surface area is 127 Å². The van der Waals surface area contributed by atoms with Crippen molar-refractivity contribution in [1.82, 2.24) is 10.1 Å². The van der Waals surface area contributed by atoms with Gasteiger partial charge in [0.2, 0.25) is 0 Å². The van der Waals surface area contributed by atoms with Gasteiger partial charge in [-0.15, -0.1) is 0 Å². The zero-order chi connectivity index (χ0) is 16.1. The maximum atomic E-state index is 12.2. The summed E-state index contributed by atoms with van der Waals surface area (Å²) in [6.45, 7) is 0.589. The van der Waals surface area contributed by atoms with E-state index in [0.717, 1.165) is 5.56 Å². The highest BCUT2D eigenvalue weighted by Crippen LogP contribution is 2.11. The van der Waals surface area contributed by atoms with Crippen LogP contribution in [0.15, 0.2) is 34.9 Å². The topological polar surface area (TPSA) is 92.9 Å². The summed E-state index contributed by atoms with van der Waals surface area (Å²) in [4.78, 5) is 24.5. The van der Waals surface area contributed by atoms with Crippen molar-refractivity contribution in [3.8, 4) is 0 Å². The second-order valence-electron chi connectivity index (χ2n) is 4.77. The van der Waals surface area contributed by atoms with Crippen LogP contribution in [0.3, 0.4) is 0 Å². The highest BCUT2D eigenvalue weighted by atomic mass is 16.5. The van der Waals surface area contributed by atoms with Gasteiger partial charge in [0.25, 0.3) is 5.91 Å². The second kappa shape index (κ2) is 6.86. The van der Waals surface area contributed by atoms with Crippen LogP contribution in [0.1, 0.15) is 32.2 Å². The first-order chi connectivity index (χ1) is 10.5. The van der Waals surface area contributed by atoms with E-state index in [0.29, 0.717) is 12.3 Å². The lowest BCUT2D eigenvalue weighted by molar-refractivity contribution is 0.0695. The van der Waals surface area contributed by atoms with E-state index in [-0.39, 0.29) is 23.8 Å². The average Bonchev–Trinajstić information content (AvgIpc) is 2.96. The van der Waals surface area contributed by atoms with Gasteiger partial charge in [-0.1, -0.05) is 17.3 Å². The molecule has 0 spiro atoms. The summed E-state index contributed by atoms with van der Waals surface area (Å²) in [5.41, 5.74) is 1.23. The molecule has 22 heavy (non-hydrogen) atoms. The molecule has 7 heteroatoms.